The normalized spacial score (nSPS) is 9.65. The fraction of sp³-hybridized carbons (Fsp3) is 0.0833. The van der Waals surface area contributed by atoms with Crippen LogP contribution in [0.5, 0.6) is 5.75 Å². The molecule has 5 heteroatoms. The highest BCUT2D eigenvalue weighted by atomic mass is 16.5. The van der Waals surface area contributed by atoms with Gasteiger partial charge in [-0.05, 0) is 18.2 Å². The number of ether oxygens (including phenoxy) is 1. The van der Waals surface area contributed by atoms with Crippen LogP contribution in [-0.2, 0) is 0 Å². The zero-order chi connectivity index (χ0) is 12.3. The van der Waals surface area contributed by atoms with Gasteiger partial charge in [0.05, 0.1) is 12.8 Å². The van der Waals surface area contributed by atoms with Gasteiger partial charge in [0.2, 0.25) is 0 Å². The van der Waals surface area contributed by atoms with Crippen molar-refractivity contribution >= 4 is 0 Å². The summed E-state index contributed by atoms with van der Waals surface area (Å²) < 4.78 is 5.19. The molecular weight excluding hydrogens is 218 g/mol. The van der Waals surface area contributed by atoms with Gasteiger partial charge >= 0.3 is 0 Å². The number of aromatic amines is 1. The second-order valence-corrected chi connectivity index (χ2v) is 3.31. The van der Waals surface area contributed by atoms with E-state index < -0.39 is 5.56 Å². The average Bonchev–Trinajstić information content (AvgIpc) is 2.39. The van der Waals surface area contributed by atoms with Crippen molar-refractivity contribution in [3.05, 3.63) is 46.2 Å². The number of H-pyrrole nitrogens is 1. The summed E-state index contributed by atoms with van der Waals surface area (Å²) >= 11 is 0. The summed E-state index contributed by atoms with van der Waals surface area (Å²) in [5.41, 5.74) is 0.758. The van der Waals surface area contributed by atoms with Crippen LogP contribution in [0.2, 0.25) is 0 Å². The lowest BCUT2D eigenvalue weighted by Gasteiger charge is -2.06. The highest BCUT2D eigenvalue weighted by Crippen LogP contribution is 2.27. The van der Waals surface area contributed by atoms with Crippen molar-refractivity contribution in [1.29, 1.82) is 5.26 Å². The monoisotopic (exact) mass is 227 g/mol. The van der Waals surface area contributed by atoms with E-state index in [1.807, 2.05) is 18.2 Å². The number of benzene rings is 1. The third-order valence-corrected chi connectivity index (χ3v) is 2.31. The van der Waals surface area contributed by atoms with Crippen LogP contribution < -0.4 is 10.3 Å². The van der Waals surface area contributed by atoms with Crippen LogP contribution in [0.1, 0.15) is 5.56 Å². The van der Waals surface area contributed by atoms with Crippen LogP contribution in [0, 0.1) is 11.3 Å². The van der Waals surface area contributed by atoms with Crippen molar-refractivity contribution in [3.8, 4) is 23.1 Å². The topological polar surface area (TPSA) is 78.8 Å². The predicted octanol–water partition coefficient (Wildman–Crippen LogP) is 1.32. The van der Waals surface area contributed by atoms with Gasteiger partial charge < -0.3 is 4.74 Å². The molecule has 1 N–H and O–H groups in total. The molecule has 1 heterocycles. The molecule has 0 unspecified atom stereocenters. The number of aromatic nitrogens is 2. The lowest BCUT2D eigenvalue weighted by Crippen LogP contribution is -2.12. The second-order valence-electron chi connectivity index (χ2n) is 3.31. The van der Waals surface area contributed by atoms with Crippen molar-refractivity contribution < 1.29 is 4.74 Å². The molecule has 84 valence electrons. The van der Waals surface area contributed by atoms with Crippen LogP contribution in [0.25, 0.3) is 11.3 Å². The van der Waals surface area contributed by atoms with Gasteiger partial charge in [-0.2, -0.15) is 10.4 Å². The number of methoxy groups -OCH3 is 1. The molecule has 0 atom stereocenters. The van der Waals surface area contributed by atoms with Crippen molar-refractivity contribution in [3.63, 3.8) is 0 Å². The van der Waals surface area contributed by atoms with Gasteiger partial charge in [-0.3, -0.25) is 4.79 Å². The summed E-state index contributed by atoms with van der Waals surface area (Å²) in [6, 6.07) is 10.5. The molecule has 2 rings (SSSR count). The first kappa shape index (κ1) is 10.9. The first-order chi connectivity index (χ1) is 8.26. The molecule has 17 heavy (non-hydrogen) atoms. The van der Waals surface area contributed by atoms with E-state index >= 15 is 0 Å². The van der Waals surface area contributed by atoms with E-state index in [2.05, 4.69) is 10.2 Å². The van der Waals surface area contributed by atoms with E-state index in [4.69, 9.17) is 10.00 Å². The molecular formula is C12H9N3O2. The Morgan fingerprint density at radius 1 is 1.41 bits per heavy atom. The highest BCUT2D eigenvalue weighted by Gasteiger charge is 2.08. The summed E-state index contributed by atoms with van der Waals surface area (Å²) in [5.74, 6) is 0.635. The minimum atomic E-state index is -0.494. The number of nitrogens with zero attached hydrogens (tertiary/aromatic N) is 2. The van der Waals surface area contributed by atoms with Crippen molar-refractivity contribution in [2.75, 3.05) is 7.11 Å². The molecule has 0 aliphatic rings. The first-order valence-corrected chi connectivity index (χ1v) is 4.89. The molecule has 0 saturated carbocycles. The van der Waals surface area contributed by atoms with Crippen molar-refractivity contribution in [2.45, 2.75) is 0 Å². The van der Waals surface area contributed by atoms with E-state index in [1.165, 1.54) is 6.07 Å². The molecule has 5 nitrogen and oxygen atoms in total. The summed E-state index contributed by atoms with van der Waals surface area (Å²) in [4.78, 5) is 11.2. The minimum absolute atomic E-state index is 0.0286. The van der Waals surface area contributed by atoms with Crippen LogP contribution >= 0.6 is 0 Å². The van der Waals surface area contributed by atoms with Gasteiger partial charge in [-0.25, -0.2) is 5.10 Å². The Balaban J connectivity index is 2.62. The van der Waals surface area contributed by atoms with Gasteiger partial charge in [-0.1, -0.05) is 12.1 Å². The summed E-state index contributed by atoms with van der Waals surface area (Å²) in [7, 11) is 1.55. The van der Waals surface area contributed by atoms with E-state index in [0.29, 0.717) is 11.4 Å². The number of rotatable bonds is 2. The first-order valence-electron chi connectivity index (χ1n) is 4.89. The Labute approximate surface area is 97.3 Å². The molecule has 1 aromatic carbocycles. The zero-order valence-electron chi connectivity index (χ0n) is 9.10. The Bertz CT molecular complexity index is 641. The van der Waals surface area contributed by atoms with E-state index in [9.17, 15) is 4.79 Å². The maximum absolute atomic E-state index is 11.2. The standard InChI is InChI=1S/C12H9N3O2/c1-17-11-5-3-2-4-9(11)10-6-8(7-13)12(16)15-14-10/h2-6H,1H3,(H,15,16). The largest absolute Gasteiger partial charge is 0.496 e. The van der Waals surface area contributed by atoms with Gasteiger partial charge in [0.25, 0.3) is 5.56 Å². The molecule has 0 aliphatic carbocycles. The van der Waals surface area contributed by atoms with E-state index in [-0.39, 0.29) is 5.56 Å². The highest BCUT2D eigenvalue weighted by molar-refractivity contribution is 5.67. The number of nitrogens with one attached hydrogen (secondary N) is 1. The SMILES string of the molecule is COc1ccccc1-c1cc(C#N)c(=O)[nH]n1. The Morgan fingerprint density at radius 2 is 2.18 bits per heavy atom. The lowest BCUT2D eigenvalue weighted by molar-refractivity contribution is 0.416. The molecule has 0 amide bonds. The molecule has 0 spiro atoms. The van der Waals surface area contributed by atoms with Gasteiger partial charge in [0.15, 0.2) is 0 Å². The molecule has 1 aromatic heterocycles. The molecule has 0 fully saturated rings. The third kappa shape index (κ3) is 2.01. The quantitative estimate of drug-likeness (QED) is 0.839. The molecule has 0 aliphatic heterocycles. The molecule has 0 saturated heterocycles. The van der Waals surface area contributed by atoms with Gasteiger partial charge in [-0.15, -0.1) is 0 Å². The number of hydrogen-bond acceptors (Lipinski definition) is 4. The number of para-hydroxylation sites is 1. The number of nitriles is 1. The van der Waals surface area contributed by atoms with Crippen LogP contribution in [0.15, 0.2) is 35.1 Å². The molecule has 2 aromatic rings. The number of hydrogen-bond donors (Lipinski definition) is 1. The van der Waals surface area contributed by atoms with Crippen LogP contribution in [0.3, 0.4) is 0 Å². The smallest absolute Gasteiger partial charge is 0.282 e. The second kappa shape index (κ2) is 4.49. The summed E-state index contributed by atoms with van der Waals surface area (Å²) in [6.45, 7) is 0. The summed E-state index contributed by atoms with van der Waals surface area (Å²) in [6.07, 6.45) is 0. The predicted molar refractivity (Wildman–Crippen MR) is 61.6 cm³/mol. The van der Waals surface area contributed by atoms with Crippen molar-refractivity contribution in [2.24, 2.45) is 0 Å². The van der Waals surface area contributed by atoms with Gasteiger partial charge in [0.1, 0.15) is 17.4 Å². The molecule has 0 bridgehead atoms. The Morgan fingerprint density at radius 3 is 2.88 bits per heavy atom. The third-order valence-electron chi connectivity index (χ3n) is 2.31. The Hall–Kier alpha value is -2.61. The average molecular weight is 227 g/mol. The Kier molecular flexibility index (Phi) is 2.88. The van der Waals surface area contributed by atoms with Crippen LogP contribution in [-0.4, -0.2) is 17.3 Å². The lowest BCUT2D eigenvalue weighted by atomic mass is 10.1. The fourth-order valence-electron chi connectivity index (χ4n) is 1.48. The van der Waals surface area contributed by atoms with E-state index in [0.717, 1.165) is 5.56 Å². The summed E-state index contributed by atoms with van der Waals surface area (Å²) in [5, 5.41) is 15.0. The maximum Gasteiger partial charge on any atom is 0.282 e. The minimum Gasteiger partial charge on any atom is -0.496 e. The zero-order valence-corrected chi connectivity index (χ0v) is 9.10. The van der Waals surface area contributed by atoms with Gasteiger partial charge in [0, 0.05) is 5.56 Å². The fourth-order valence-corrected chi connectivity index (χ4v) is 1.48. The molecule has 0 radical (unpaired) electrons. The van der Waals surface area contributed by atoms with Crippen LogP contribution in [0.4, 0.5) is 0 Å². The van der Waals surface area contributed by atoms with E-state index in [1.54, 1.807) is 19.2 Å². The van der Waals surface area contributed by atoms with Crippen molar-refractivity contribution in [1.82, 2.24) is 10.2 Å². The maximum atomic E-state index is 11.2.